The van der Waals surface area contributed by atoms with Crippen LogP contribution in [0, 0.1) is 5.92 Å². The number of aliphatic carboxylic acids is 2. The molecule has 0 aliphatic carbocycles. The van der Waals surface area contributed by atoms with Gasteiger partial charge < -0.3 is 15.0 Å². The monoisotopic (exact) mass is 238 g/mol. The van der Waals surface area contributed by atoms with Crippen LogP contribution in [0.3, 0.4) is 0 Å². The summed E-state index contributed by atoms with van der Waals surface area (Å²) in [4.78, 5) is 20.8. The smallest absolute Gasteiger partial charge is 0.550 e. The molecule has 0 radical (unpaired) electrons. The molecule has 5 heteroatoms. The average Bonchev–Trinajstić information content (AvgIpc) is 2.09. The second-order valence-corrected chi connectivity index (χ2v) is 3.07. The van der Waals surface area contributed by atoms with Crippen molar-refractivity contribution < 1.29 is 71.2 Å². The van der Waals surface area contributed by atoms with Gasteiger partial charge in [0.1, 0.15) is 0 Å². The van der Waals surface area contributed by atoms with E-state index in [2.05, 4.69) is 0 Å². The molecule has 0 aliphatic rings. The Labute approximate surface area is 132 Å². The van der Waals surface area contributed by atoms with Gasteiger partial charge >= 0.3 is 57.4 Å². The summed E-state index contributed by atoms with van der Waals surface area (Å²) < 4.78 is 0. The third-order valence-corrected chi connectivity index (χ3v) is 1.85. The van der Waals surface area contributed by atoms with E-state index in [9.17, 15) is 14.7 Å². The first-order chi connectivity index (χ1) is 6.57. The standard InChI is InChI=1S/C10H16O4.K/c1-2-3-4-5-6-8(10(13)14)7-9(11)12;/h3-4,8H,2,5-7H2,1H3,(H,11,12)(H,13,14);/q;+1/p-1/b4-3+;. The molecule has 0 heterocycles. The van der Waals surface area contributed by atoms with Crippen LogP contribution in [0.4, 0.5) is 0 Å². The minimum Gasteiger partial charge on any atom is -0.550 e. The molecule has 0 fully saturated rings. The summed E-state index contributed by atoms with van der Waals surface area (Å²) in [5.74, 6) is -3.21. The molecule has 1 unspecified atom stereocenters. The van der Waals surface area contributed by atoms with Crippen molar-refractivity contribution in [2.75, 3.05) is 0 Å². The van der Waals surface area contributed by atoms with Crippen LogP contribution in [-0.2, 0) is 9.59 Å². The minimum absolute atomic E-state index is 0. The van der Waals surface area contributed by atoms with Crippen LogP contribution in [0.15, 0.2) is 12.2 Å². The number of rotatable bonds is 7. The summed E-state index contributed by atoms with van der Waals surface area (Å²) in [6.45, 7) is 1.98. The Morgan fingerprint density at radius 1 is 1.40 bits per heavy atom. The van der Waals surface area contributed by atoms with Gasteiger partial charge in [0.15, 0.2) is 0 Å². The number of carbonyl (C=O) groups is 2. The van der Waals surface area contributed by atoms with Crippen LogP contribution in [0.5, 0.6) is 0 Å². The predicted octanol–water partition coefficient (Wildman–Crippen LogP) is -2.42. The molecular formula is C10H15KO4. The van der Waals surface area contributed by atoms with Crippen molar-refractivity contribution in [1.82, 2.24) is 0 Å². The summed E-state index contributed by atoms with van der Waals surface area (Å²) in [5.41, 5.74) is 0. The van der Waals surface area contributed by atoms with Gasteiger partial charge in [0.2, 0.25) is 0 Å². The topological polar surface area (TPSA) is 77.4 Å². The quantitative estimate of drug-likeness (QED) is 0.395. The van der Waals surface area contributed by atoms with E-state index < -0.39 is 24.3 Å². The molecule has 4 nitrogen and oxygen atoms in total. The molecule has 0 spiro atoms. The van der Waals surface area contributed by atoms with Crippen molar-refractivity contribution in [3.8, 4) is 0 Å². The molecule has 0 aromatic heterocycles. The maximum absolute atomic E-state index is 10.6. The molecule has 1 atom stereocenters. The molecular weight excluding hydrogens is 223 g/mol. The van der Waals surface area contributed by atoms with Crippen molar-refractivity contribution in [1.29, 1.82) is 0 Å². The zero-order chi connectivity index (χ0) is 11.0. The molecule has 80 valence electrons. The first-order valence-corrected chi connectivity index (χ1v) is 4.65. The summed E-state index contributed by atoms with van der Waals surface area (Å²) in [7, 11) is 0. The largest absolute Gasteiger partial charge is 1.00 e. The first-order valence-electron chi connectivity index (χ1n) is 4.65. The minimum atomic E-state index is -1.31. The maximum Gasteiger partial charge on any atom is 1.00 e. The van der Waals surface area contributed by atoms with Gasteiger partial charge in [-0.05, 0) is 19.3 Å². The fourth-order valence-electron chi connectivity index (χ4n) is 1.10. The van der Waals surface area contributed by atoms with E-state index in [0.717, 1.165) is 6.42 Å². The van der Waals surface area contributed by atoms with E-state index in [-0.39, 0.29) is 51.4 Å². The number of carbonyl (C=O) groups excluding carboxylic acids is 1. The zero-order valence-corrected chi connectivity index (χ0v) is 12.4. The van der Waals surface area contributed by atoms with E-state index in [4.69, 9.17) is 5.11 Å². The SMILES string of the molecule is CC/C=C/CCC(CC(=O)[O-])C(=O)O.[K+]. The van der Waals surface area contributed by atoms with Crippen molar-refractivity contribution in [3.05, 3.63) is 12.2 Å². The predicted molar refractivity (Wildman–Crippen MR) is 49.4 cm³/mol. The van der Waals surface area contributed by atoms with E-state index in [1.165, 1.54) is 0 Å². The van der Waals surface area contributed by atoms with Gasteiger partial charge in [0, 0.05) is 12.4 Å². The number of hydrogen-bond acceptors (Lipinski definition) is 3. The molecule has 15 heavy (non-hydrogen) atoms. The van der Waals surface area contributed by atoms with E-state index >= 15 is 0 Å². The van der Waals surface area contributed by atoms with Crippen LogP contribution < -0.4 is 56.5 Å². The molecule has 0 aromatic rings. The van der Waals surface area contributed by atoms with Crippen molar-refractivity contribution in [3.63, 3.8) is 0 Å². The first kappa shape index (κ1) is 17.7. The van der Waals surface area contributed by atoms with Gasteiger partial charge in [-0.2, -0.15) is 0 Å². The Morgan fingerprint density at radius 2 is 2.00 bits per heavy atom. The molecule has 0 rings (SSSR count). The van der Waals surface area contributed by atoms with Crippen LogP contribution in [0.1, 0.15) is 32.6 Å². The Bertz CT molecular complexity index is 225. The van der Waals surface area contributed by atoms with Gasteiger partial charge in [-0.3, -0.25) is 4.79 Å². The summed E-state index contributed by atoms with van der Waals surface area (Å²) in [6.07, 6.45) is 5.23. The maximum atomic E-state index is 10.6. The Kier molecular flexibility index (Phi) is 12.8. The third-order valence-electron chi connectivity index (χ3n) is 1.85. The van der Waals surface area contributed by atoms with Crippen LogP contribution >= 0.6 is 0 Å². The zero-order valence-electron chi connectivity index (χ0n) is 9.23. The van der Waals surface area contributed by atoms with Gasteiger partial charge in [0.25, 0.3) is 0 Å². The fourth-order valence-corrected chi connectivity index (χ4v) is 1.10. The summed E-state index contributed by atoms with van der Waals surface area (Å²) >= 11 is 0. The molecule has 0 aliphatic heterocycles. The number of allylic oxidation sites excluding steroid dienone is 2. The molecule has 0 saturated heterocycles. The number of hydrogen-bond donors (Lipinski definition) is 1. The van der Waals surface area contributed by atoms with Crippen LogP contribution in [0.25, 0.3) is 0 Å². The molecule has 0 saturated carbocycles. The second kappa shape index (κ2) is 10.8. The van der Waals surface area contributed by atoms with E-state index in [1.807, 2.05) is 19.1 Å². The Hall–Kier alpha value is 0.316. The molecule has 0 aromatic carbocycles. The Balaban J connectivity index is 0. The van der Waals surface area contributed by atoms with E-state index in [1.54, 1.807) is 0 Å². The van der Waals surface area contributed by atoms with Gasteiger partial charge in [-0.15, -0.1) is 0 Å². The summed E-state index contributed by atoms with van der Waals surface area (Å²) in [6, 6.07) is 0. The average molecular weight is 238 g/mol. The molecule has 0 bridgehead atoms. The van der Waals surface area contributed by atoms with Gasteiger partial charge in [-0.25, -0.2) is 0 Å². The number of carboxylic acids is 2. The Morgan fingerprint density at radius 3 is 2.40 bits per heavy atom. The second-order valence-electron chi connectivity index (χ2n) is 3.07. The van der Waals surface area contributed by atoms with Crippen molar-refractivity contribution >= 4 is 11.9 Å². The number of carboxylic acid groups (broad SMARTS) is 2. The fraction of sp³-hybridized carbons (Fsp3) is 0.600. The van der Waals surface area contributed by atoms with Gasteiger partial charge in [-0.1, -0.05) is 19.1 Å². The third kappa shape index (κ3) is 10.6. The van der Waals surface area contributed by atoms with E-state index in [0.29, 0.717) is 12.8 Å². The summed E-state index contributed by atoms with van der Waals surface area (Å²) in [5, 5.41) is 18.9. The normalized spacial score (nSPS) is 12.1. The van der Waals surface area contributed by atoms with Crippen molar-refractivity contribution in [2.24, 2.45) is 5.92 Å². The molecule has 0 amide bonds. The van der Waals surface area contributed by atoms with Crippen LogP contribution in [-0.4, -0.2) is 17.0 Å². The van der Waals surface area contributed by atoms with Crippen LogP contribution in [0.2, 0.25) is 0 Å². The van der Waals surface area contributed by atoms with Gasteiger partial charge in [0.05, 0.1) is 5.92 Å². The molecule has 1 N–H and O–H groups in total. The van der Waals surface area contributed by atoms with Crippen molar-refractivity contribution in [2.45, 2.75) is 32.6 Å².